The molecule has 112 valence electrons. The van der Waals surface area contributed by atoms with Crippen molar-refractivity contribution in [3.63, 3.8) is 0 Å². The summed E-state index contributed by atoms with van der Waals surface area (Å²) in [7, 11) is 3.06. The van der Waals surface area contributed by atoms with E-state index in [4.69, 9.17) is 15.2 Å². The largest absolute Gasteiger partial charge is 0.497 e. The summed E-state index contributed by atoms with van der Waals surface area (Å²) in [6, 6.07) is 4.84. The predicted octanol–water partition coefficient (Wildman–Crippen LogP) is 2.43. The molecule has 0 radical (unpaired) electrons. The van der Waals surface area contributed by atoms with Crippen LogP contribution in [0, 0.1) is 0 Å². The lowest BCUT2D eigenvalue weighted by molar-refractivity contribution is 0.102. The molecule has 1 aromatic heterocycles. The Labute approximate surface area is 126 Å². The molecule has 1 atom stereocenters. The summed E-state index contributed by atoms with van der Waals surface area (Å²) in [5.74, 6) is 0.771. The van der Waals surface area contributed by atoms with Crippen LogP contribution in [-0.4, -0.2) is 25.1 Å². The van der Waals surface area contributed by atoms with E-state index in [0.717, 1.165) is 5.69 Å². The van der Waals surface area contributed by atoms with E-state index < -0.39 is 0 Å². The Bertz CT molecular complexity index is 640. The molecule has 0 aliphatic heterocycles. The molecule has 1 heterocycles. The van der Waals surface area contributed by atoms with Gasteiger partial charge in [0.25, 0.3) is 5.91 Å². The number of nitrogens with one attached hydrogen (secondary N) is 1. The van der Waals surface area contributed by atoms with Crippen LogP contribution >= 0.6 is 11.3 Å². The SMILES string of the molecule is COc1ccc(C(=O)Nc2nc(C(C)N)cs2)c(OC)c1. The molecule has 0 aliphatic rings. The van der Waals surface area contributed by atoms with Gasteiger partial charge in [0.05, 0.1) is 25.5 Å². The summed E-state index contributed by atoms with van der Waals surface area (Å²) in [6.45, 7) is 1.84. The molecule has 21 heavy (non-hydrogen) atoms. The molecule has 0 bridgehead atoms. The number of nitrogens with two attached hydrogens (primary N) is 1. The standard InChI is InChI=1S/C14H17N3O3S/c1-8(15)11-7-21-14(16-11)17-13(18)10-5-4-9(19-2)6-12(10)20-3/h4-8H,15H2,1-3H3,(H,16,17,18). The van der Waals surface area contributed by atoms with Gasteiger partial charge in [-0.2, -0.15) is 0 Å². The summed E-state index contributed by atoms with van der Waals surface area (Å²) < 4.78 is 10.3. The van der Waals surface area contributed by atoms with Crippen molar-refractivity contribution in [2.24, 2.45) is 5.73 Å². The van der Waals surface area contributed by atoms with Gasteiger partial charge in [0.1, 0.15) is 11.5 Å². The van der Waals surface area contributed by atoms with E-state index in [2.05, 4.69) is 10.3 Å². The summed E-state index contributed by atoms with van der Waals surface area (Å²) in [6.07, 6.45) is 0. The Balaban J connectivity index is 2.19. The van der Waals surface area contributed by atoms with E-state index in [9.17, 15) is 4.79 Å². The molecule has 0 saturated carbocycles. The fraction of sp³-hybridized carbons (Fsp3) is 0.286. The van der Waals surface area contributed by atoms with Crippen LogP contribution in [0.15, 0.2) is 23.6 Å². The highest BCUT2D eigenvalue weighted by Crippen LogP contribution is 2.26. The van der Waals surface area contributed by atoms with Crippen LogP contribution in [0.4, 0.5) is 5.13 Å². The van der Waals surface area contributed by atoms with Crippen molar-refractivity contribution < 1.29 is 14.3 Å². The summed E-state index contributed by atoms with van der Waals surface area (Å²) in [5.41, 5.74) is 6.90. The van der Waals surface area contributed by atoms with Gasteiger partial charge in [0, 0.05) is 17.5 Å². The number of nitrogens with zero attached hydrogens (tertiary/aromatic N) is 1. The Kier molecular flexibility index (Phi) is 4.77. The number of anilines is 1. The van der Waals surface area contributed by atoms with E-state index in [0.29, 0.717) is 22.2 Å². The molecule has 3 N–H and O–H groups in total. The lowest BCUT2D eigenvalue weighted by atomic mass is 10.2. The Morgan fingerprint density at radius 1 is 1.38 bits per heavy atom. The van der Waals surface area contributed by atoms with Crippen molar-refractivity contribution in [2.45, 2.75) is 13.0 Å². The van der Waals surface area contributed by atoms with E-state index in [-0.39, 0.29) is 11.9 Å². The first-order valence-corrected chi connectivity index (χ1v) is 7.17. The molecule has 0 spiro atoms. The molecule has 6 nitrogen and oxygen atoms in total. The minimum absolute atomic E-state index is 0.164. The van der Waals surface area contributed by atoms with Crippen molar-refractivity contribution >= 4 is 22.4 Å². The molecule has 0 fully saturated rings. The summed E-state index contributed by atoms with van der Waals surface area (Å²) >= 11 is 1.33. The first-order chi connectivity index (χ1) is 10.0. The van der Waals surface area contributed by atoms with Gasteiger partial charge in [0.15, 0.2) is 5.13 Å². The number of benzene rings is 1. The Morgan fingerprint density at radius 2 is 2.14 bits per heavy atom. The second-order valence-electron chi connectivity index (χ2n) is 4.39. The van der Waals surface area contributed by atoms with Gasteiger partial charge in [-0.3, -0.25) is 10.1 Å². The van der Waals surface area contributed by atoms with Crippen molar-refractivity contribution in [3.05, 3.63) is 34.8 Å². The lowest BCUT2D eigenvalue weighted by Crippen LogP contribution is -2.13. The Morgan fingerprint density at radius 3 is 2.71 bits per heavy atom. The maximum Gasteiger partial charge on any atom is 0.261 e. The van der Waals surface area contributed by atoms with Crippen molar-refractivity contribution in [3.8, 4) is 11.5 Å². The van der Waals surface area contributed by atoms with Gasteiger partial charge in [-0.1, -0.05) is 0 Å². The minimum Gasteiger partial charge on any atom is -0.497 e. The third kappa shape index (κ3) is 3.50. The highest BCUT2D eigenvalue weighted by atomic mass is 32.1. The second kappa shape index (κ2) is 6.55. The second-order valence-corrected chi connectivity index (χ2v) is 5.24. The molecule has 1 aromatic carbocycles. The summed E-state index contributed by atoms with van der Waals surface area (Å²) in [4.78, 5) is 16.5. The van der Waals surface area contributed by atoms with Gasteiger partial charge < -0.3 is 15.2 Å². The highest BCUT2D eigenvalue weighted by molar-refractivity contribution is 7.14. The third-order valence-electron chi connectivity index (χ3n) is 2.86. The fourth-order valence-electron chi connectivity index (χ4n) is 1.70. The number of carbonyl (C=O) groups excluding carboxylic acids is 1. The number of ether oxygens (including phenoxy) is 2. The molecule has 2 rings (SSSR count). The molecule has 0 aliphatic carbocycles. The normalized spacial score (nSPS) is 11.8. The Hall–Kier alpha value is -2.12. The molecular weight excluding hydrogens is 290 g/mol. The number of aromatic nitrogens is 1. The van der Waals surface area contributed by atoms with Crippen molar-refractivity contribution in [2.75, 3.05) is 19.5 Å². The van der Waals surface area contributed by atoms with Crippen LogP contribution in [0.1, 0.15) is 29.0 Å². The van der Waals surface area contributed by atoms with E-state index in [1.807, 2.05) is 12.3 Å². The van der Waals surface area contributed by atoms with Crippen molar-refractivity contribution in [1.82, 2.24) is 4.98 Å². The number of amides is 1. The number of rotatable bonds is 5. The molecule has 1 unspecified atom stereocenters. The van der Waals surface area contributed by atoms with Crippen LogP contribution in [-0.2, 0) is 0 Å². The average molecular weight is 307 g/mol. The van der Waals surface area contributed by atoms with Gasteiger partial charge >= 0.3 is 0 Å². The topological polar surface area (TPSA) is 86.5 Å². The van der Waals surface area contributed by atoms with Gasteiger partial charge in [-0.15, -0.1) is 11.3 Å². The number of hydrogen-bond donors (Lipinski definition) is 2. The van der Waals surface area contributed by atoms with Crippen LogP contribution in [0.5, 0.6) is 11.5 Å². The average Bonchev–Trinajstić information content (AvgIpc) is 2.95. The van der Waals surface area contributed by atoms with E-state index in [1.165, 1.54) is 18.4 Å². The zero-order chi connectivity index (χ0) is 15.4. The maximum absolute atomic E-state index is 12.3. The molecule has 7 heteroatoms. The van der Waals surface area contributed by atoms with Crippen LogP contribution in [0.25, 0.3) is 0 Å². The molecule has 2 aromatic rings. The molecule has 1 amide bonds. The molecular formula is C14H17N3O3S. The first kappa shape index (κ1) is 15.3. The number of carbonyl (C=O) groups is 1. The zero-order valence-corrected chi connectivity index (χ0v) is 12.9. The van der Waals surface area contributed by atoms with E-state index >= 15 is 0 Å². The van der Waals surface area contributed by atoms with E-state index in [1.54, 1.807) is 25.3 Å². The zero-order valence-electron chi connectivity index (χ0n) is 12.0. The first-order valence-electron chi connectivity index (χ1n) is 6.29. The third-order valence-corrected chi connectivity index (χ3v) is 3.64. The predicted molar refractivity (Wildman–Crippen MR) is 82.2 cm³/mol. The van der Waals surface area contributed by atoms with Crippen LogP contribution < -0.4 is 20.5 Å². The molecule has 0 saturated heterocycles. The summed E-state index contributed by atoms with van der Waals surface area (Å²) in [5, 5.41) is 5.07. The van der Waals surface area contributed by atoms with Crippen molar-refractivity contribution in [1.29, 1.82) is 0 Å². The smallest absolute Gasteiger partial charge is 0.261 e. The van der Waals surface area contributed by atoms with Gasteiger partial charge in [-0.05, 0) is 19.1 Å². The van der Waals surface area contributed by atoms with Gasteiger partial charge in [0.2, 0.25) is 0 Å². The number of hydrogen-bond acceptors (Lipinski definition) is 6. The van der Waals surface area contributed by atoms with Gasteiger partial charge in [-0.25, -0.2) is 4.98 Å². The fourth-order valence-corrected chi connectivity index (χ4v) is 2.51. The lowest BCUT2D eigenvalue weighted by Gasteiger charge is -2.09. The number of thiazole rings is 1. The minimum atomic E-state index is -0.292. The van der Waals surface area contributed by atoms with Crippen LogP contribution in [0.2, 0.25) is 0 Å². The number of methoxy groups -OCH3 is 2. The van der Waals surface area contributed by atoms with Crippen LogP contribution in [0.3, 0.4) is 0 Å². The quantitative estimate of drug-likeness (QED) is 0.886. The maximum atomic E-state index is 12.3. The highest BCUT2D eigenvalue weighted by Gasteiger charge is 2.15. The monoisotopic (exact) mass is 307 g/mol.